The van der Waals surface area contributed by atoms with E-state index in [4.69, 9.17) is 4.42 Å². The zero-order valence-electron chi connectivity index (χ0n) is 44.0. The van der Waals surface area contributed by atoms with Crippen molar-refractivity contribution in [2.24, 2.45) is 0 Å². The molecule has 2 aliphatic heterocycles. The maximum Gasteiger partial charge on any atom is 0.297 e. The highest BCUT2D eigenvalue weighted by Crippen LogP contribution is 2.53. The minimum absolute atomic E-state index is 0.00250. The van der Waals surface area contributed by atoms with Crippen molar-refractivity contribution in [1.29, 1.82) is 0 Å². The molecule has 0 unspecified atom stereocenters. The first-order valence-electron chi connectivity index (χ1n) is 26.1. The van der Waals surface area contributed by atoms with Crippen LogP contribution in [0.4, 0.5) is 51.2 Å². The van der Waals surface area contributed by atoms with Crippen LogP contribution in [0.2, 0.25) is 0 Å². The van der Waals surface area contributed by atoms with E-state index in [0.717, 1.165) is 75.0 Å². The average molecular weight is 940 g/mol. The molecule has 8 aromatic carbocycles. The van der Waals surface area contributed by atoms with Crippen molar-refractivity contribution in [2.45, 2.75) is 111 Å². The van der Waals surface area contributed by atoms with E-state index in [2.05, 4.69) is 267 Å². The predicted molar refractivity (Wildman–Crippen MR) is 308 cm³/mol. The van der Waals surface area contributed by atoms with Gasteiger partial charge in [0.05, 0.1) is 17.0 Å². The van der Waals surface area contributed by atoms with Gasteiger partial charge in [0.1, 0.15) is 5.58 Å². The van der Waals surface area contributed by atoms with Crippen LogP contribution in [0, 0.1) is 6.92 Å². The molecular formula is C67H66BN3O. The Morgan fingerprint density at radius 3 is 1.65 bits per heavy atom. The van der Waals surface area contributed by atoms with Crippen LogP contribution in [0.5, 0.6) is 0 Å². The summed E-state index contributed by atoms with van der Waals surface area (Å²) in [5.74, 6) is 0. The molecule has 4 nitrogen and oxygen atoms in total. The van der Waals surface area contributed by atoms with Gasteiger partial charge in [0.25, 0.3) is 6.71 Å². The lowest BCUT2D eigenvalue weighted by atomic mass is 9.35. The first-order valence-corrected chi connectivity index (χ1v) is 26.1. The van der Waals surface area contributed by atoms with Crippen molar-refractivity contribution in [3.05, 3.63) is 204 Å². The van der Waals surface area contributed by atoms with Crippen LogP contribution in [-0.2, 0) is 21.7 Å². The Bertz CT molecular complexity index is 3540. The van der Waals surface area contributed by atoms with Gasteiger partial charge >= 0.3 is 0 Å². The Morgan fingerprint density at radius 1 is 0.500 bits per heavy atom. The molecule has 5 heteroatoms. The fourth-order valence-corrected chi connectivity index (χ4v) is 11.9. The minimum atomic E-state index is -0.194. The maximum atomic E-state index is 7.50. The van der Waals surface area contributed by atoms with E-state index in [1.807, 2.05) is 0 Å². The first kappa shape index (κ1) is 45.9. The summed E-state index contributed by atoms with van der Waals surface area (Å²) in [5, 5.41) is 1.13. The molecule has 0 amide bonds. The Kier molecular flexibility index (Phi) is 10.4. The summed E-state index contributed by atoms with van der Waals surface area (Å²) < 4.78 is 7.50. The van der Waals surface area contributed by atoms with Gasteiger partial charge in [-0.05, 0) is 165 Å². The van der Waals surface area contributed by atoms with Crippen molar-refractivity contribution in [2.75, 3.05) is 14.7 Å². The molecule has 0 bridgehead atoms. The second-order valence-electron chi connectivity index (χ2n) is 24.2. The lowest BCUT2D eigenvalue weighted by Gasteiger charge is -2.47. The molecule has 0 N–H and O–H groups in total. The van der Waals surface area contributed by atoms with Gasteiger partial charge in [-0.3, -0.25) is 0 Å². The fourth-order valence-electron chi connectivity index (χ4n) is 11.9. The zero-order chi connectivity index (χ0) is 50.1. The Hall–Kier alpha value is -7.24. The number of hydrogen-bond donors (Lipinski definition) is 0. The summed E-state index contributed by atoms with van der Waals surface area (Å²) in [6.07, 6.45) is 2.26. The molecule has 12 rings (SSSR count). The topological polar surface area (TPSA) is 22.9 Å². The summed E-state index contributed by atoms with van der Waals surface area (Å²) in [6, 6.07) is 66.2. The number of hydrogen-bond acceptors (Lipinski definition) is 4. The molecule has 0 fully saturated rings. The Morgan fingerprint density at radius 2 is 1.03 bits per heavy atom. The predicted octanol–water partition coefficient (Wildman–Crippen LogP) is 16.9. The Labute approximate surface area is 428 Å². The second-order valence-corrected chi connectivity index (χ2v) is 24.2. The lowest BCUT2D eigenvalue weighted by Crippen LogP contribution is -2.61. The highest BCUT2D eigenvalue weighted by molar-refractivity contribution is 7.00. The van der Waals surface area contributed by atoms with Crippen LogP contribution >= 0.6 is 0 Å². The van der Waals surface area contributed by atoms with Crippen LogP contribution in [0.25, 0.3) is 22.1 Å². The van der Waals surface area contributed by atoms with Gasteiger partial charge in [0.15, 0.2) is 0 Å². The van der Waals surface area contributed by atoms with Crippen LogP contribution in [0.1, 0.15) is 110 Å². The number of fused-ring (bicyclic) bond motifs is 7. The van der Waals surface area contributed by atoms with E-state index >= 15 is 0 Å². The van der Waals surface area contributed by atoms with Gasteiger partial charge < -0.3 is 19.1 Å². The monoisotopic (exact) mass is 940 g/mol. The van der Waals surface area contributed by atoms with Crippen molar-refractivity contribution < 1.29 is 4.42 Å². The van der Waals surface area contributed by atoms with Gasteiger partial charge in [-0.2, -0.15) is 0 Å². The van der Waals surface area contributed by atoms with Gasteiger partial charge in [-0.1, -0.05) is 172 Å². The molecule has 0 saturated heterocycles. The Balaban J connectivity index is 1.23. The molecule has 1 aliphatic carbocycles. The van der Waals surface area contributed by atoms with Gasteiger partial charge in [0, 0.05) is 45.2 Å². The summed E-state index contributed by atoms with van der Waals surface area (Å²) in [4.78, 5) is 7.58. The SMILES string of the molecule is Cc1ccc(N(c2ccccc2)c2cc3c4c(c2)N(c2ccc(-c5ccccc5)cc2)c2c(oc5ccc(C(C)(C)C)cc25)B4c2cc4c(cc2N3c2ccc(C(C)(C)C)cc2)C(C)(C)CCC4(C)C)cc1. The lowest BCUT2D eigenvalue weighted by molar-refractivity contribution is 0.332. The van der Waals surface area contributed by atoms with Crippen molar-refractivity contribution in [3.8, 4) is 11.1 Å². The first-order chi connectivity index (χ1) is 34.4. The number of nitrogens with zero attached hydrogens (tertiary/aromatic N) is 3. The molecule has 0 saturated carbocycles. The number of aryl methyl sites for hydroxylation is 1. The molecular weight excluding hydrogens is 874 g/mol. The van der Waals surface area contributed by atoms with Crippen LogP contribution in [0.3, 0.4) is 0 Å². The number of anilines is 9. The summed E-state index contributed by atoms with van der Waals surface area (Å²) >= 11 is 0. The average Bonchev–Trinajstić information content (AvgIpc) is 3.74. The molecule has 0 radical (unpaired) electrons. The van der Waals surface area contributed by atoms with E-state index in [0.29, 0.717) is 0 Å². The number of benzene rings is 8. The van der Waals surface area contributed by atoms with Gasteiger partial charge in [-0.15, -0.1) is 0 Å². The molecule has 0 spiro atoms. The van der Waals surface area contributed by atoms with Crippen molar-refractivity contribution in [3.63, 3.8) is 0 Å². The molecule has 3 heterocycles. The summed E-state index contributed by atoms with van der Waals surface area (Å²) in [7, 11) is 0. The quantitative estimate of drug-likeness (QED) is 0.155. The highest BCUT2D eigenvalue weighted by atomic mass is 16.3. The smallest absolute Gasteiger partial charge is 0.297 e. The third-order valence-corrected chi connectivity index (χ3v) is 16.3. The molecule has 0 atom stereocenters. The van der Waals surface area contributed by atoms with E-state index in [-0.39, 0.29) is 28.4 Å². The van der Waals surface area contributed by atoms with Crippen molar-refractivity contribution >= 4 is 85.5 Å². The van der Waals surface area contributed by atoms with E-state index in [1.165, 1.54) is 55.6 Å². The summed E-state index contributed by atoms with van der Waals surface area (Å²) in [6.45, 7) is 25.6. The van der Waals surface area contributed by atoms with E-state index in [1.54, 1.807) is 0 Å². The fraction of sp³-hybridized carbons (Fsp3) is 0.254. The number of para-hydroxylation sites is 1. The van der Waals surface area contributed by atoms with Gasteiger partial charge in [0.2, 0.25) is 0 Å². The zero-order valence-corrected chi connectivity index (χ0v) is 44.0. The number of furan rings is 1. The van der Waals surface area contributed by atoms with Crippen LogP contribution in [0.15, 0.2) is 180 Å². The van der Waals surface area contributed by atoms with Crippen LogP contribution in [-0.4, -0.2) is 6.71 Å². The molecule has 3 aliphatic rings. The summed E-state index contributed by atoms with van der Waals surface area (Å²) in [5.41, 5.74) is 23.5. The molecule has 358 valence electrons. The highest BCUT2D eigenvalue weighted by Gasteiger charge is 2.49. The molecule has 72 heavy (non-hydrogen) atoms. The number of rotatable bonds is 6. The largest absolute Gasteiger partial charge is 0.468 e. The second kappa shape index (κ2) is 16.4. The molecule has 1 aromatic heterocycles. The normalized spacial score (nSPS) is 15.5. The maximum absolute atomic E-state index is 7.50. The van der Waals surface area contributed by atoms with E-state index < -0.39 is 0 Å². The minimum Gasteiger partial charge on any atom is -0.468 e. The molecule has 9 aromatic rings. The van der Waals surface area contributed by atoms with Crippen LogP contribution < -0.4 is 31.3 Å². The third-order valence-electron chi connectivity index (χ3n) is 16.3. The third kappa shape index (κ3) is 7.49. The van der Waals surface area contributed by atoms with Crippen molar-refractivity contribution in [1.82, 2.24) is 0 Å². The van der Waals surface area contributed by atoms with E-state index in [9.17, 15) is 0 Å². The van der Waals surface area contributed by atoms with Gasteiger partial charge in [-0.25, -0.2) is 0 Å². The standard InChI is InChI=1S/C67H66BN3O/c1-43-22-29-49(30-23-43)69(48-20-16-13-17-21-48)52-39-58-61-59(40-52)71(51-31-24-45(25-32-51)44-18-14-12-15-19-44)62-53-38-47(65(5,6)7)28-35-60(53)72-63(62)68(61)56-41-54-55(67(10,11)37-36-66(54,8)9)42-57(56)70(58)50-33-26-46(27-34-50)64(2,3)4/h12-35,38-42H,36-37H2,1-11H3.